The van der Waals surface area contributed by atoms with E-state index in [0.717, 1.165) is 19.9 Å². The van der Waals surface area contributed by atoms with Crippen molar-refractivity contribution < 1.29 is 18.0 Å². The number of aryl methyl sites for hydroxylation is 1. The maximum atomic E-state index is 13.9. The number of hydrogen-bond donors (Lipinski definition) is 1. The molecule has 7 nitrogen and oxygen atoms in total. The second-order valence-electron chi connectivity index (χ2n) is 9.72. The number of nitrogens with zero attached hydrogens (tertiary/aromatic N) is 2. The Hall–Kier alpha value is -2.88. The highest BCUT2D eigenvalue weighted by Crippen LogP contribution is 2.28. The molecule has 3 rings (SSSR count). The van der Waals surface area contributed by atoms with E-state index < -0.39 is 28.5 Å². The highest BCUT2D eigenvalue weighted by molar-refractivity contribution is 9.10. The third-order valence-corrected chi connectivity index (χ3v) is 8.84. The monoisotopic (exact) mass is 633 g/mol. The molecular weight excluding hydrogens is 602 g/mol. The molecule has 0 aromatic heterocycles. The zero-order chi connectivity index (χ0) is 28.7. The second-order valence-corrected chi connectivity index (χ2v) is 12.9. The highest BCUT2D eigenvalue weighted by atomic mass is 79.9. The molecule has 39 heavy (non-hydrogen) atoms. The second kappa shape index (κ2) is 13.5. The summed E-state index contributed by atoms with van der Waals surface area (Å²) in [5.41, 5.74) is 1.81. The molecule has 0 unspecified atom stereocenters. The first-order chi connectivity index (χ1) is 18.4. The van der Waals surface area contributed by atoms with Gasteiger partial charge >= 0.3 is 0 Å². The molecule has 0 heterocycles. The first kappa shape index (κ1) is 30.7. The molecule has 0 spiro atoms. The van der Waals surface area contributed by atoms with E-state index in [9.17, 15) is 18.0 Å². The van der Waals surface area contributed by atoms with E-state index in [1.165, 1.54) is 23.1 Å². The Kier molecular flexibility index (Phi) is 10.6. The van der Waals surface area contributed by atoms with Crippen molar-refractivity contribution >= 4 is 55.1 Å². The van der Waals surface area contributed by atoms with Gasteiger partial charge in [0.15, 0.2) is 0 Å². The lowest BCUT2D eigenvalue weighted by atomic mass is 10.1. The Morgan fingerprint density at radius 3 is 2.28 bits per heavy atom. The molecule has 208 valence electrons. The van der Waals surface area contributed by atoms with Crippen LogP contribution in [0, 0.1) is 12.8 Å². The van der Waals surface area contributed by atoms with Gasteiger partial charge in [-0.1, -0.05) is 77.8 Å². The van der Waals surface area contributed by atoms with Gasteiger partial charge in [-0.05, 0) is 67.3 Å². The molecular formula is C29H33BrClN3O4S. The number of hydrogen-bond acceptors (Lipinski definition) is 4. The van der Waals surface area contributed by atoms with Crippen LogP contribution in [0.3, 0.4) is 0 Å². The number of amides is 2. The van der Waals surface area contributed by atoms with Crippen LogP contribution in [0.1, 0.15) is 31.9 Å². The number of sulfonamides is 1. The van der Waals surface area contributed by atoms with E-state index in [1.54, 1.807) is 37.3 Å². The van der Waals surface area contributed by atoms with E-state index in [-0.39, 0.29) is 29.0 Å². The molecule has 0 radical (unpaired) electrons. The van der Waals surface area contributed by atoms with E-state index in [0.29, 0.717) is 11.6 Å². The van der Waals surface area contributed by atoms with Crippen LogP contribution in [0.5, 0.6) is 0 Å². The zero-order valence-electron chi connectivity index (χ0n) is 22.4. The molecule has 0 aliphatic rings. The molecule has 0 aliphatic carbocycles. The fraction of sp³-hybridized carbons (Fsp3) is 0.310. The number of carbonyl (C=O) groups is 2. The maximum Gasteiger partial charge on any atom is 0.264 e. The number of rotatable bonds is 11. The first-order valence-corrected chi connectivity index (χ1v) is 15.2. The third kappa shape index (κ3) is 8.06. The number of halogens is 2. The summed E-state index contributed by atoms with van der Waals surface area (Å²) < 4.78 is 29.5. The van der Waals surface area contributed by atoms with E-state index in [4.69, 9.17) is 11.6 Å². The van der Waals surface area contributed by atoms with Gasteiger partial charge in [0.1, 0.15) is 12.6 Å². The summed E-state index contributed by atoms with van der Waals surface area (Å²) in [5, 5.41) is 3.25. The SMILES string of the molecule is Cc1ccc(N(CC(=O)N(Cc2cccc(Br)c2)[C@H](C)C(=O)NCC(C)C)S(=O)(=O)c2ccccc2)cc1Cl. The van der Waals surface area contributed by atoms with Crippen LogP contribution < -0.4 is 9.62 Å². The molecule has 1 N–H and O–H groups in total. The van der Waals surface area contributed by atoms with Crippen molar-refractivity contribution in [3.05, 3.63) is 93.4 Å². The van der Waals surface area contributed by atoms with Crippen molar-refractivity contribution in [1.29, 1.82) is 0 Å². The molecule has 3 aromatic rings. The van der Waals surface area contributed by atoms with Crippen LogP contribution in [-0.4, -0.2) is 44.3 Å². The fourth-order valence-electron chi connectivity index (χ4n) is 3.85. The minimum atomic E-state index is -4.14. The smallest absolute Gasteiger partial charge is 0.264 e. The molecule has 0 saturated carbocycles. The highest BCUT2D eigenvalue weighted by Gasteiger charge is 2.32. The summed E-state index contributed by atoms with van der Waals surface area (Å²) in [6.45, 7) is 7.46. The van der Waals surface area contributed by atoms with Crippen LogP contribution in [0.15, 0.2) is 82.2 Å². The average Bonchev–Trinajstić information content (AvgIpc) is 2.90. The Labute approximate surface area is 244 Å². The van der Waals surface area contributed by atoms with Crippen molar-refractivity contribution in [2.24, 2.45) is 5.92 Å². The van der Waals surface area contributed by atoms with E-state index in [2.05, 4.69) is 21.2 Å². The minimum Gasteiger partial charge on any atom is -0.354 e. The van der Waals surface area contributed by atoms with Crippen LogP contribution in [0.25, 0.3) is 0 Å². The van der Waals surface area contributed by atoms with Gasteiger partial charge in [-0.15, -0.1) is 0 Å². The molecule has 1 atom stereocenters. The largest absolute Gasteiger partial charge is 0.354 e. The summed E-state index contributed by atoms with van der Waals surface area (Å²) in [6.07, 6.45) is 0. The van der Waals surface area contributed by atoms with Gasteiger partial charge < -0.3 is 10.2 Å². The summed E-state index contributed by atoms with van der Waals surface area (Å²) in [4.78, 5) is 28.4. The van der Waals surface area contributed by atoms with Crippen molar-refractivity contribution in [2.75, 3.05) is 17.4 Å². The molecule has 10 heteroatoms. The van der Waals surface area contributed by atoms with Crippen molar-refractivity contribution in [2.45, 2.75) is 45.2 Å². The molecule has 0 aliphatic heterocycles. The topological polar surface area (TPSA) is 86.8 Å². The molecule has 0 saturated heterocycles. The van der Waals surface area contributed by atoms with Crippen molar-refractivity contribution in [1.82, 2.24) is 10.2 Å². The van der Waals surface area contributed by atoms with Gasteiger partial charge in [0.2, 0.25) is 11.8 Å². The van der Waals surface area contributed by atoms with Gasteiger partial charge in [0.25, 0.3) is 10.0 Å². The minimum absolute atomic E-state index is 0.0377. The lowest BCUT2D eigenvalue weighted by Gasteiger charge is -2.32. The lowest BCUT2D eigenvalue weighted by molar-refractivity contribution is -0.139. The summed E-state index contributed by atoms with van der Waals surface area (Å²) in [6, 6.07) is 19.3. The van der Waals surface area contributed by atoms with Gasteiger partial charge in [0.05, 0.1) is 10.6 Å². The number of nitrogens with one attached hydrogen (secondary N) is 1. The Bertz CT molecular complexity index is 1420. The standard InChI is InChI=1S/C29H33BrClN3O4S/c1-20(2)17-32-29(36)22(4)33(18-23-9-8-10-24(30)15-23)28(35)19-34(25-14-13-21(3)27(31)16-25)39(37,38)26-11-6-5-7-12-26/h5-16,20,22H,17-19H2,1-4H3,(H,32,36)/t22-/m1/s1. The van der Waals surface area contributed by atoms with Gasteiger partial charge in [-0.3, -0.25) is 13.9 Å². The number of carbonyl (C=O) groups excluding carboxylic acids is 2. The van der Waals surface area contributed by atoms with E-state index >= 15 is 0 Å². The predicted octanol–water partition coefficient (Wildman–Crippen LogP) is 5.80. The normalized spacial score (nSPS) is 12.2. The van der Waals surface area contributed by atoms with Gasteiger partial charge in [-0.2, -0.15) is 0 Å². The Balaban J connectivity index is 2.03. The third-order valence-electron chi connectivity index (χ3n) is 6.15. The Morgan fingerprint density at radius 2 is 1.67 bits per heavy atom. The fourth-order valence-corrected chi connectivity index (χ4v) is 5.90. The van der Waals surface area contributed by atoms with Gasteiger partial charge in [-0.25, -0.2) is 8.42 Å². The maximum absolute atomic E-state index is 13.9. The van der Waals surface area contributed by atoms with Gasteiger partial charge in [0, 0.05) is 22.6 Å². The summed E-state index contributed by atoms with van der Waals surface area (Å²) in [5.74, 6) is -0.616. The summed E-state index contributed by atoms with van der Waals surface area (Å²) in [7, 11) is -4.14. The first-order valence-electron chi connectivity index (χ1n) is 12.6. The molecule has 0 bridgehead atoms. The van der Waals surface area contributed by atoms with Crippen LogP contribution in [-0.2, 0) is 26.2 Å². The molecule has 2 amide bonds. The quantitative estimate of drug-likeness (QED) is 0.289. The molecule has 3 aromatic carbocycles. The van der Waals surface area contributed by atoms with Crippen LogP contribution >= 0.6 is 27.5 Å². The summed E-state index contributed by atoms with van der Waals surface area (Å²) >= 11 is 9.80. The van der Waals surface area contributed by atoms with Crippen LogP contribution in [0.4, 0.5) is 5.69 Å². The zero-order valence-corrected chi connectivity index (χ0v) is 25.6. The molecule has 0 fully saturated rings. The lowest BCUT2D eigenvalue weighted by Crippen LogP contribution is -2.51. The number of benzene rings is 3. The van der Waals surface area contributed by atoms with Crippen molar-refractivity contribution in [3.63, 3.8) is 0 Å². The average molecular weight is 635 g/mol. The Morgan fingerprint density at radius 1 is 0.974 bits per heavy atom. The predicted molar refractivity (Wildman–Crippen MR) is 159 cm³/mol. The number of anilines is 1. The van der Waals surface area contributed by atoms with Crippen molar-refractivity contribution in [3.8, 4) is 0 Å². The van der Waals surface area contributed by atoms with Crippen LogP contribution in [0.2, 0.25) is 5.02 Å². The van der Waals surface area contributed by atoms with E-state index in [1.807, 2.05) is 45.0 Å².